The van der Waals surface area contributed by atoms with E-state index in [1.807, 2.05) is 24.3 Å². The number of carbonyl (C=O) groups is 2. The Morgan fingerprint density at radius 1 is 1.00 bits per heavy atom. The molecular formula is C26H30O3. The fourth-order valence-corrected chi connectivity index (χ4v) is 4.15. The standard InChI is InChI=1S/C26H30O3/c1-19(2)26(28)29-17-3-4-20-5-9-22(10-6-20)24-13-15-25(16-14-24)23-11-7-21(18-27)8-12-23/h7-8,11-16,18,20,22H,1,3-6,9-10,17H2,2H3/t20-,22-. The Balaban J connectivity index is 1.45. The molecule has 2 aromatic rings. The Hall–Kier alpha value is -2.68. The highest BCUT2D eigenvalue weighted by Crippen LogP contribution is 2.38. The van der Waals surface area contributed by atoms with Crippen LogP contribution in [0.3, 0.4) is 0 Å². The van der Waals surface area contributed by atoms with Gasteiger partial charge >= 0.3 is 5.97 Å². The molecular weight excluding hydrogens is 360 g/mol. The average Bonchev–Trinajstić information content (AvgIpc) is 2.77. The van der Waals surface area contributed by atoms with E-state index in [-0.39, 0.29) is 5.97 Å². The van der Waals surface area contributed by atoms with Gasteiger partial charge in [0.05, 0.1) is 6.61 Å². The summed E-state index contributed by atoms with van der Waals surface area (Å²) in [6, 6.07) is 16.6. The minimum absolute atomic E-state index is 0.281. The minimum atomic E-state index is -0.281. The predicted molar refractivity (Wildman–Crippen MR) is 117 cm³/mol. The Morgan fingerprint density at radius 2 is 1.59 bits per heavy atom. The van der Waals surface area contributed by atoms with Gasteiger partial charge in [0.15, 0.2) is 0 Å². The van der Waals surface area contributed by atoms with Crippen LogP contribution in [0.4, 0.5) is 0 Å². The average molecular weight is 391 g/mol. The minimum Gasteiger partial charge on any atom is -0.462 e. The van der Waals surface area contributed by atoms with Gasteiger partial charge in [-0.15, -0.1) is 0 Å². The third-order valence-electron chi connectivity index (χ3n) is 5.95. The van der Waals surface area contributed by atoms with Crippen LogP contribution in [0.2, 0.25) is 0 Å². The van der Waals surface area contributed by atoms with Crippen LogP contribution in [0, 0.1) is 5.92 Å². The van der Waals surface area contributed by atoms with Gasteiger partial charge in [-0.2, -0.15) is 0 Å². The molecule has 0 saturated heterocycles. The summed E-state index contributed by atoms with van der Waals surface area (Å²) in [6.45, 7) is 5.78. The lowest BCUT2D eigenvalue weighted by Crippen LogP contribution is -2.14. The molecule has 0 aromatic heterocycles. The van der Waals surface area contributed by atoms with Crippen molar-refractivity contribution in [2.45, 2.75) is 51.4 Å². The number of aldehydes is 1. The summed E-state index contributed by atoms with van der Waals surface area (Å²) in [7, 11) is 0. The molecule has 1 aliphatic carbocycles. The lowest BCUT2D eigenvalue weighted by atomic mass is 9.77. The van der Waals surface area contributed by atoms with Crippen molar-refractivity contribution in [1.82, 2.24) is 0 Å². The monoisotopic (exact) mass is 390 g/mol. The maximum absolute atomic E-state index is 11.4. The van der Waals surface area contributed by atoms with E-state index in [1.54, 1.807) is 6.92 Å². The van der Waals surface area contributed by atoms with Gasteiger partial charge in [-0.3, -0.25) is 4.79 Å². The first-order chi connectivity index (χ1) is 14.1. The van der Waals surface area contributed by atoms with E-state index in [9.17, 15) is 9.59 Å². The van der Waals surface area contributed by atoms with E-state index >= 15 is 0 Å². The highest BCUT2D eigenvalue weighted by Gasteiger charge is 2.22. The van der Waals surface area contributed by atoms with Gasteiger partial charge in [0.1, 0.15) is 6.29 Å². The lowest BCUT2D eigenvalue weighted by Gasteiger charge is -2.29. The van der Waals surface area contributed by atoms with Gasteiger partial charge in [0.2, 0.25) is 0 Å². The number of hydrogen-bond acceptors (Lipinski definition) is 3. The van der Waals surface area contributed by atoms with E-state index < -0.39 is 0 Å². The number of hydrogen-bond donors (Lipinski definition) is 0. The van der Waals surface area contributed by atoms with E-state index in [2.05, 4.69) is 30.8 Å². The maximum atomic E-state index is 11.4. The molecule has 3 heteroatoms. The van der Waals surface area contributed by atoms with Crippen LogP contribution >= 0.6 is 0 Å². The summed E-state index contributed by atoms with van der Waals surface area (Å²) in [5, 5.41) is 0. The van der Waals surface area contributed by atoms with Crippen molar-refractivity contribution < 1.29 is 14.3 Å². The molecule has 0 N–H and O–H groups in total. The second-order valence-electron chi connectivity index (χ2n) is 8.14. The summed E-state index contributed by atoms with van der Waals surface area (Å²) < 4.78 is 5.19. The summed E-state index contributed by atoms with van der Waals surface area (Å²) in [5.74, 6) is 1.10. The topological polar surface area (TPSA) is 43.4 Å². The molecule has 1 aliphatic rings. The molecule has 0 amide bonds. The van der Waals surface area contributed by atoms with Crippen LogP contribution in [0.5, 0.6) is 0 Å². The number of benzene rings is 2. The van der Waals surface area contributed by atoms with Crippen LogP contribution in [0.1, 0.15) is 67.3 Å². The van der Waals surface area contributed by atoms with Crippen LogP contribution in [-0.4, -0.2) is 18.9 Å². The molecule has 152 valence electrons. The van der Waals surface area contributed by atoms with E-state index in [1.165, 1.54) is 36.8 Å². The van der Waals surface area contributed by atoms with Crippen LogP contribution in [-0.2, 0) is 9.53 Å². The molecule has 0 heterocycles. The van der Waals surface area contributed by atoms with Crippen molar-refractivity contribution in [2.24, 2.45) is 5.92 Å². The number of esters is 1. The van der Waals surface area contributed by atoms with Crippen molar-refractivity contribution in [3.05, 3.63) is 71.8 Å². The molecule has 0 aliphatic heterocycles. The fraction of sp³-hybridized carbons (Fsp3) is 0.385. The van der Waals surface area contributed by atoms with Gasteiger partial charge in [-0.1, -0.05) is 55.1 Å². The first kappa shape index (κ1) is 21.0. The molecule has 0 bridgehead atoms. The summed E-state index contributed by atoms with van der Waals surface area (Å²) in [6.07, 6.45) is 7.88. The Bertz CT molecular complexity index is 825. The molecule has 2 aromatic carbocycles. The Kier molecular flexibility index (Phi) is 7.40. The van der Waals surface area contributed by atoms with Gasteiger partial charge in [0, 0.05) is 11.1 Å². The second-order valence-corrected chi connectivity index (χ2v) is 8.14. The molecule has 0 spiro atoms. The third kappa shape index (κ3) is 5.90. The van der Waals surface area contributed by atoms with Crippen LogP contribution in [0.25, 0.3) is 11.1 Å². The molecule has 0 atom stereocenters. The second kappa shape index (κ2) is 10.2. The highest BCUT2D eigenvalue weighted by atomic mass is 16.5. The summed E-state index contributed by atoms with van der Waals surface area (Å²) in [5.41, 5.74) is 4.92. The largest absolute Gasteiger partial charge is 0.462 e. The van der Waals surface area contributed by atoms with Gasteiger partial charge in [-0.05, 0) is 74.0 Å². The highest BCUT2D eigenvalue weighted by molar-refractivity contribution is 5.86. The number of carbonyl (C=O) groups excluding carboxylic acids is 2. The Morgan fingerprint density at radius 3 is 2.14 bits per heavy atom. The molecule has 3 rings (SSSR count). The zero-order chi connectivity index (χ0) is 20.6. The molecule has 1 saturated carbocycles. The number of rotatable bonds is 8. The van der Waals surface area contributed by atoms with Crippen LogP contribution < -0.4 is 0 Å². The van der Waals surface area contributed by atoms with Crippen molar-refractivity contribution in [3.63, 3.8) is 0 Å². The quantitative estimate of drug-likeness (QED) is 0.229. The van der Waals surface area contributed by atoms with Gasteiger partial charge < -0.3 is 4.74 Å². The lowest BCUT2D eigenvalue weighted by molar-refractivity contribution is -0.139. The molecule has 0 unspecified atom stereocenters. The smallest absolute Gasteiger partial charge is 0.333 e. The van der Waals surface area contributed by atoms with E-state index in [0.29, 0.717) is 23.7 Å². The number of ether oxygens (including phenoxy) is 1. The summed E-state index contributed by atoms with van der Waals surface area (Å²) in [4.78, 5) is 22.2. The van der Waals surface area contributed by atoms with Gasteiger partial charge in [0.25, 0.3) is 0 Å². The first-order valence-electron chi connectivity index (χ1n) is 10.5. The maximum Gasteiger partial charge on any atom is 0.333 e. The molecule has 29 heavy (non-hydrogen) atoms. The molecule has 1 fully saturated rings. The van der Waals surface area contributed by atoms with Crippen molar-refractivity contribution in [1.29, 1.82) is 0 Å². The van der Waals surface area contributed by atoms with Crippen LogP contribution in [0.15, 0.2) is 60.7 Å². The van der Waals surface area contributed by atoms with Crippen molar-refractivity contribution in [3.8, 4) is 11.1 Å². The predicted octanol–water partition coefficient (Wildman–Crippen LogP) is 6.34. The van der Waals surface area contributed by atoms with Crippen molar-refractivity contribution in [2.75, 3.05) is 6.61 Å². The van der Waals surface area contributed by atoms with Crippen molar-refractivity contribution >= 4 is 12.3 Å². The Labute approximate surface area is 173 Å². The fourth-order valence-electron chi connectivity index (χ4n) is 4.15. The normalized spacial score (nSPS) is 18.8. The first-order valence-corrected chi connectivity index (χ1v) is 10.5. The molecule has 3 nitrogen and oxygen atoms in total. The molecule has 0 radical (unpaired) electrons. The third-order valence-corrected chi connectivity index (χ3v) is 5.95. The zero-order valence-corrected chi connectivity index (χ0v) is 17.2. The summed E-state index contributed by atoms with van der Waals surface area (Å²) >= 11 is 0. The van der Waals surface area contributed by atoms with Gasteiger partial charge in [-0.25, -0.2) is 4.79 Å². The zero-order valence-electron chi connectivity index (χ0n) is 17.2. The van der Waals surface area contributed by atoms with E-state index in [0.717, 1.165) is 30.6 Å². The van der Waals surface area contributed by atoms with E-state index in [4.69, 9.17) is 4.74 Å². The SMILES string of the molecule is C=C(C)C(=O)OCCC[C@H]1CC[C@H](c2ccc(-c3ccc(C=O)cc3)cc2)CC1.